The number of methoxy groups -OCH3 is 2. The van der Waals surface area contributed by atoms with Crippen LogP contribution in [0.15, 0.2) is 29.2 Å². The predicted octanol–water partition coefficient (Wildman–Crippen LogP) is 5.61. The Bertz CT molecular complexity index is 1010. The lowest BCUT2D eigenvalue weighted by atomic mass is 9.94. The summed E-state index contributed by atoms with van der Waals surface area (Å²) in [6.07, 6.45) is 0. The number of hydrogen-bond donors (Lipinski definition) is 1. The van der Waals surface area contributed by atoms with Crippen molar-refractivity contribution in [3.63, 3.8) is 0 Å². The van der Waals surface area contributed by atoms with Gasteiger partial charge in [0.25, 0.3) is 0 Å². The average molecular weight is 434 g/mol. The van der Waals surface area contributed by atoms with Crippen LogP contribution in [0.5, 0.6) is 11.5 Å². The molecule has 0 aliphatic rings. The molecule has 0 saturated heterocycles. The first kappa shape index (κ1) is 24.2. The summed E-state index contributed by atoms with van der Waals surface area (Å²) in [6, 6.07) is 7.16. The van der Waals surface area contributed by atoms with Crippen molar-refractivity contribution in [2.45, 2.75) is 71.2 Å². The molecule has 0 heterocycles. The van der Waals surface area contributed by atoms with E-state index in [4.69, 9.17) is 9.47 Å². The summed E-state index contributed by atoms with van der Waals surface area (Å²) in [4.78, 5) is 0.286. The van der Waals surface area contributed by atoms with Gasteiger partial charge in [-0.1, -0.05) is 27.7 Å². The number of sulfonamides is 1. The zero-order valence-corrected chi connectivity index (χ0v) is 20.4. The third-order valence-electron chi connectivity index (χ3n) is 5.48. The molecule has 0 aliphatic heterocycles. The van der Waals surface area contributed by atoms with Crippen LogP contribution in [-0.2, 0) is 10.0 Å². The van der Waals surface area contributed by atoms with E-state index in [-0.39, 0.29) is 22.8 Å². The van der Waals surface area contributed by atoms with E-state index < -0.39 is 10.0 Å². The molecule has 2 aromatic carbocycles. The Morgan fingerprint density at radius 3 is 1.67 bits per heavy atom. The summed E-state index contributed by atoms with van der Waals surface area (Å²) < 4.78 is 40.4. The average Bonchev–Trinajstić information content (AvgIpc) is 2.65. The highest BCUT2D eigenvalue weighted by Gasteiger charge is 2.25. The molecule has 0 aliphatic carbocycles. The molecule has 6 heteroatoms. The highest BCUT2D eigenvalue weighted by atomic mass is 32.2. The van der Waals surface area contributed by atoms with Crippen LogP contribution in [0.4, 0.5) is 0 Å². The Morgan fingerprint density at radius 1 is 0.733 bits per heavy atom. The first-order valence-corrected chi connectivity index (χ1v) is 11.8. The second-order valence-corrected chi connectivity index (χ2v) is 10.1. The maximum atomic E-state index is 13.3. The van der Waals surface area contributed by atoms with Gasteiger partial charge in [-0.2, -0.15) is 0 Å². The monoisotopic (exact) mass is 433 g/mol. The minimum atomic E-state index is -3.72. The van der Waals surface area contributed by atoms with Crippen molar-refractivity contribution in [2.24, 2.45) is 0 Å². The van der Waals surface area contributed by atoms with Crippen LogP contribution in [0, 0.1) is 13.8 Å². The second-order valence-electron chi connectivity index (χ2n) is 8.46. The first-order chi connectivity index (χ1) is 13.9. The zero-order valence-electron chi connectivity index (χ0n) is 19.6. The quantitative estimate of drug-likeness (QED) is 0.588. The van der Waals surface area contributed by atoms with E-state index in [0.717, 1.165) is 28.0 Å². The number of hydrogen-bond acceptors (Lipinski definition) is 4. The van der Waals surface area contributed by atoms with E-state index in [2.05, 4.69) is 18.6 Å². The van der Waals surface area contributed by atoms with Crippen molar-refractivity contribution in [1.82, 2.24) is 4.72 Å². The van der Waals surface area contributed by atoms with Gasteiger partial charge in [0.05, 0.1) is 19.1 Å². The number of aryl methyl sites for hydroxylation is 2. The molecule has 1 N–H and O–H groups in total. The van der Waals surface area contributed by atoms with Gasteiger partial charge in [0.15, 0.2) is 0 Å². The summed E-state index contributed by atoms with van der Waals surface area (Å²) >= 11 is 0. The van der Waals surface area contributed by atoms with E-state index in [1.165, 1.54) is 0 Å². The molecule has 0 unspecified atom stereocenters. The van der Waals surface area contributed by atoms with E-state index in [9.17, 15) is 8.42 Å². The minimum Gasteiger partial charge on any atom is -0.496 e. The largest absolute Gasteiger partial charge is 0.496 e. The van der Waals surface area contributed by atoms with Crippen molar-refractivity contribution in [3.8, 4) is 11.5 Å². The first-order valence-electron chi connectivity index (χ1n) is 10.3. The molecule has 5 nitrogen and oxygen atoms in total. The Morgan fingerprint density at radius 2 is 1.20 bits per heavy atom. The minimum absolute atomic E-state index is 0.143. The van der Waals surface area contributed by atoms with E-state index in [1.54, 1.807) is 33.3 Å². The standard InChI is InChI=1S/C24H35NO4S/c1-14(2)19-12-21(16(5)10-22(19)28-8)18(7)25-30(26,27)24-13-20(15(3)4)23(29-9)11-17(24)6/h10-15,18,25H,1-9H3/t18-/m1/s1. The van der Waals surface area contributed by atoms with Crippen LogP contribution in [-0.4, -0.2) is 22.6 Å². The van der Waals surface area contributed by atoms with Gasteiger partial charge in [-0.3, -0.25) is 0 Å². The Kier molecular flexibility index (Phi) is 7.59. The third-order valence-corrected chi connectivity index (χ3v) is 7.16. The maximum absolute atomic E-state index is 13.3. The molecule has 0 aromatic heterocycles. The fraction of sp³-hybridized carbons (Fsp3) is 0.500. The van der Waals surface area contributed by atoms with E-state index >= 15 is 0 Å². The van der Waals surface area contributed by atoms with Crippen LogP contribution in [0.3, 0.4) is 0 Å². The Labute approximate surface area is 181 Å². The van der Waals surface area contributed by atoms with Crippen molar-refractivity contribution in [1.29, 1.82) is 0 Å². The highest BCUT2D eigenvalue weighted by molar-refractivity contribution is 7.89. The summed E-state index contributed by atoms with van der Waals surface area (Å²) in [6.45, 7) is 13.9. The van der Waals surface area contributed by atoms with Crippen LogP contribution >= 0.6 is 0 Å². The molecule has 0 radical (unpaired) electrons. The van der Waals surface area contributed by atoms with Crippen molar-refractivity contribution >= 4 is 10.0 Å². The number of ether oxygens (including phenoxy) is 2. The van der Waals surface area contributed by atoms with Gasteiger partial charge in [-0.25, -0.2) is 13.1 Å². The predicted molar refractivity (Wildman–Crippen MR) is 122 cm³/mol. The molecular formula is C24H35NO4S. The fourth-order valence-electron chi connectivity index (χ4n) is 3.76. The number of benzene rings is 2. The van der Waals surface area contributed by atoms with Crippen LogP contribution < -0.4 is 14.2 Å². The van der Waals surface area contributed by atoms with Gasteiger partial charge in [0.1, 0.15) is 11.5 Å². The summed E-state index contributed by atoms with van der Waals surface area (Å²) in [5, 5.41) is 0. The van der Waals surface area contributed by atoms with Gasteiger partial charge < -0.3 is 9.47 Å². The normalized spacial score (nSPS) is 13.0. The van der Waals surface area contributed by atoms with Crippen molar-refractivity contribution < 1.29 is 17.9 Å². The molecule has 166 valence electrons. The topological polar surface area (TPSA) is 64.6 Å². The van der Waals surface area contributed by atoms with E-state index in [0.29, 0.717) is 11.3 Å². The molecular weight excluding hydrogens is 398 g/mol. The summed E-state index contributed by atoms with van der Waals surface area (Å²) in [5.74, 6) is 1.95. The molecule has 0 saturated carbocycles. The molecule has 0 amide bonds. The lowest BCUT2D eigenvalue weighted by Gasteiger charge is -2.22. The summed E-state index contributed by atoms with van der Waals surface area (Å²) in [5.41, 5.74) is 4.52. The molecule has 0 spiro atoms. The summed E-state index contributed by atoms with van der Waals surface area (Å²) in [7, 11) is -0.459. The maximum Gasteiger partial charge on any atom is 0.241 e. The number of rotatable bonds is 8. The smallest absolute Gasteiger partial charge is 0.241 e. The Hall–Kier alpha value is -2.05. The van der Waals surface area contributed by atoms with Gasteiger partial charge in [0, 0.05) is 6.04 Å². The van der Waals surface area contributed by atoms with Gasteiger partial charge in [0.2, 0.25) is 10.0 Å². The van der Waals surface area contributed by atoms with Crippen molar-refractivity contribution in [2.75, 3.05) is 14.2 Å². The molecule has 30 heavy (non-hydrogen) atoms. The molecule has 0 fully saturated rings. The third kappa shape index (κ3) is 4.98. The van der Waals surface area contributed by atoms with Crippen molar-refractivity contribution in [3.05, 3.63) is 52.1 Å². The molecule has 1 atom stereocenters. The van der Waals surface area contributed by atoms with Crippen LogP contribution in [0.1, 0.15) is 80.3 Å². The molecule has 2 rings (SSSR count). The van der Waals surface area contributed by atoms with Gasteiger partial charge in [-0.05, 0) is 84.7 Å². The SMILES string of the molecule is COc1cc(C)c([C@@H](C)NS(=O)(=O)c2cc(C(C)C)c(OC)cc2C)cc1C(C)C. The van der Waals surface area contributed by atoms with E-state index in [1.807, 2.05) is 39.8 Å². The van der Waals surface area contributed by atoms with Gasteiger partial charge in [-0.15, -0.1) is 0 Å². The fourth-order valence-corrected chi connectivity index (χ4v) is 5.25. The highest BCUT2D eigenvalue weighted by Crippen LogP contribution is 2.34. The molecule has 2 aromatic rings. The van der Waals surface area contributed by atoms with Crippen LogP contribution in [0.25, 0.3) is 0 Å². The molecule has 0 bridgehead atoms. The Balaban J connectivity index is 2.48. The van der Waals surface area contributed by atoms with Gasteiger partial charge >= 0.3 is 0 Å². The number of nitrogens with one attached hydrogen (secondary N) is 1. The second kappa shape index (κ2) is 9.40. The van der Waals surface area contributed by atoms with Crippen LogP contribution in [0.2, 0.25) is 0 Å². The lowest BCUT2D eigenvalue weighted by molar-refractivity contribution is 0.406. The lowest BCUT2D eigenvalue weighted by Crippen LogP contribution is -2.28. The zero-order chi connectivity index (χ0) is 22.8.